The number of fused-ring (bicyclic) bond motifs is 2. The fourth-order valence-electron chi connectivity index (χ4n) is 3.29. The number of aliphatic hydroxyl groups excluding tert-OH is 1. The van der Waals surface area contributed by atoms with Crippen LogP contribution < -0.4 is 0 Å². The molecule has 16 heavy (non-hydrogen) atoms. The zero-order valence-electron chi connectivity index (χ0n) is 9.80. The van der Waals surface area contributed by atoms with E-state index in [1.165, 1.54) is 6.42 Å². The summed E-state index contributed by atoms with van der Waals surface area (Å²) in [5, 5.41) is 19.2. The Labute approximate surface area is 96.3 Å². The molecule has 0 amide bonds. The van der Waals surface area contributed by atoms with Crippen molar-refractivity contribution in [1.29, 1.82) is 0 Å². The standard InChI is InChI=1S/C12H21NO3/c1-2-10(12(15)16)13-6-8-4-3-5-9(7-13)11(8)14/h8-11,14H,2-7H2,1H3,(H,15,16). The molecule has 0 aromatic heterocycles. The first-order chi connectivity index (χ1) is 7.63. The molecule has 1 saturated heterocycles. The Kier molecular flexibility index (Phi) is 3.50. The van der Waals surface area contributed by atoms with Crippen LogP contribution in [0.1, 0.15) is 32.6 Å². The van der Waals surface area contributed by atoms with E-state index in [0.29, 0.717) is 18.3 Å². The summed E-state index contributed by atoms with van der Waals surface area (Å²) >= 11 is 0. The van der Waals surface area contributed by atoms with E-state index >= 15 is 0 Å². The zero-order chi connectivity index (χ0) is 11.7. The Balaban J connectivity index is 2.06. The van der Waals surface area contributed by atoms with Gasteiger partial charge in [-0.25, -0.2) is 0 Å². The van der Waals surface area contributed by atoms with Gasteiger partial charge in [0.05, 0.1) is 6.10 Å². The molecule has 1 saturated carbocycles. The van der Waals surface area contributed by atoms with E-state index in [-0.39, 0.29) is 12.1 Å². The number of aliphatic carboxylic acids is 1. The van der Waals surface area contributed by atoms with Gasteiger partial charge in [0.2, 0.25) is 0 Å². The lowest BCUT2D eigenvalue weighted by Gasteiger charge is -2.46. The van der Waals surface area contributed by atoms with Crippen LogP contribution in [0, 0.1) is 11.8 Å². The molecule has 3 atom stereocenters. The average molecular weight is 227 g/mol. The maximum atomic E-state index is 11.1. The van der Waals surface area contributed by atoms with E-state index in [1.807, 2.05) is 6.92 Å². The number of nitrogens with zero attached hydrogens (tertiary/aromatic N) is 1. The van der Waals surface area contributed by atoms with Crippen molar-refractivity contribution in [2.75, 3.05) is 13.1 Å². The van der Waals surface area contributed by atoms with Gasteiger partial charge in [0.15, 0.2) is 0 Å². The van der Waals surface area contributed by atoms with Crippen molar-refractivity contribution in [2.45, 2.75) is 44.8 Å². The predicted molar refractivity (Wildman–Crippen MR) is 60.1 cm³/mol. The Bertz CT molecular complexity index is 255. The molecular formula is C12H21NO3. The second kappa shape index (κ2) is 4.72. The van der Waals surface area contributed by atoms with Crippen molar-refractivity contribution < 1.29 is 15.0 Å². The molecule has 2 rings (SSSR count). The van der Waals surface area contributed by atoms with Crippen LogP contribution in [0.15, 0.2) is 0 Å². The number of carboxylic acid groups (broad SMARTS) is 1. The SMILES string of the molecule is CCC(C(=O)O)N1CC2CCCC(C1)C2O. The highest BCUT2D eigenvalue weighted by molar-refractivity contribution is 5.73. The maximum Gasteiger partial charge on any atom is 0.320 e. The van der Waals surface area contributed by atoms with Gasteiger partial charge in [-0.2, -0.15) is 0 Å². The molecule has 2 N–H and O–H groups in total. The molecule has 0 aromatic rings. The van der Waals surface area contributed by atoms with Gasteiger partial charge in [0.1, 0.15) is 6.04 Å². The monoisotopic (exact) mass is 227 g/mol. The normalized spacial score (nSPS) is 37.0. The fourth-order valence-corrected chi connectivity index (χ4v) is 3.29. The second-order valence-corrected chi connectivity index (χ2v) is 5.16. The summed E-state index contributed by atoms with van der Waals surface area (Å²) < 4.78 is 0. The zero-order valence-corrected chi connectivity index (χ0v) is 9.80. The highest BCUT2D eigenvalue weighted by atomic mass is 16.4. The molecule has 2 fully saturated rings. The molecule has 2 bridgehead atoms. The molecule has 1 heterocycles. The molecule has 3 unspecified atom stereocenters. The summed E-state index contributed by atoms with van der Waals surface area (Å²) in [5.41, 5.74) is 0. The van der Waals surface area contributed by atoms with Gasteiger partial charge in [-0.15, -0.1) is 0 Å². The van der Waals surface area contributed by atoms with Crippen LogP contribution in [0.4, 0.5) is 0 Å². The van der Waals surface area contributed by atoms with E-state index in [9.17, 15) is 9.90 Å². The van der Waals surface area contributed by atoms with Gasteiger partial charge >= 0.3 is 5.97 Å². The Morgan fingerprint density at radius 2 is 1.94 bits per heavy atom. The minimum absolute atomic E-state index is 0.198. The van der Waals surface area contributed by atoms with Crippen molar-refractivity contribution in [1.82, 2.24) is 4.90 Å². The van der Waals surface area contributed by atoms with Gasteiger partial charge in [-0.05, 0) is 31.1 Å². The number of carbonyl (C=O) groups is 1. The van der Waals surface area contributed by atoms with Crippen LogP contribution in [0.2, 0.25) is 0 Å². The number of rotatable bonds is 3. The van der Waals surface area contributed by atoms with Crippen molar-refractivity contribution >= 4 is 5.97 Å². The lowest BCUT2D eigenvalue weighted by molar-refractivity contribution is -0.147. The molecule has 4 nitrogen and oxygen atoms in total. The minimum Gasteiger partial charge on any atom is -0.480 e. The third kappa shape index (κ3) is 2.09. The molecular weight excluding hydrogens is 206 g/mol. The van der Waals surface area contributed by atoms with Crippen LogP contribution in [-0.4, -0.2) is 46.3 Å². The predicted octanol–water partition coefficient (Wildman–Crippen LogP) is 0.942. The van der Waals surface area contributed by atoms with Crippen molar-refractivity contribution in [3.63, 3.8) is 0 Å². The summed E-state index contributed by atoms with van der Waals surface area (Å²) in [5.74, 6) is -0.140. The van der Waals surface area contributed by atoms with Crippen molar-refractivity contribution in [3.8, 4) is 0 Å². The number of likely N-dealkylation sites (tertiary alicyclic amines) is 1. The lowest BCUT2D eigenvalue weighted by atomic mass is 9.75. The van der Waals surface area contributed by atoms with E-state index in [0.717, 1.165) is 25.9 Å². The molecule has 2 aliphatic rings. The van der Waals surface area contributed by atoms with Gasteiger partial charge in [-0.1, -0.05) is 13.3 Å². The lowest BCUT2D eigenvalue weighted by Crippen LogP contribution is -2.56. The number of hydrogen-bond donors (Lipinski definition) is 2. The molecule has 0 spiro atoms. The molecule has 0 aromatic carbocycles. The second-order valence-electron chi connectivity index (χ2n) is 5.16. The fraction of sp³-hybridized carbons (Fsp3) is 0.917. The molecule has 1 aliphatic heterocycles. The summed E-state index contributed by atoms with van der Waals surface area (Å²) in [6, 6.07) is -0.365. The van der Waals surface area contributed by atoms with E-state index in [1.54, 1.807) is 0 Å². The van der Waals surface area contributed by atoms with Gasteiger partial charge < -0.3 is 10.2 Å². The molecule has 92 valence electrons. The first-order valence-corrected chi connectivity index (χ1v) is 6.28. The number of aliphatic hydroxyl groups is 1. The first kappa shape index (κ1) is 11.9. The molecule has 4 heteroatoms. The first-order valence-electron chi connectivity index (χ1n) is 6.28. The summed E-state index contributed by atoms with van der Waals surface area (Å²) in [4.78, 5) is 13.2. The van der Waals surface area contributed by atoms with Crippen LogP contribution in [0.3, 0.4) is 0 Å². The minimum atomic E-state index is -0.725. The summed E-state index contributed by atoms with van der Waals surface area (Å²) in [6.45, 7) is 3.42. The van der Waals surface area contributed by atoms with Crippen molar-refractivity contribution in [3.05, 3.63) is 0 Å². The van der Waals surface area contributed by atoms with E-state index in [4.69, 9.17) is 5.11 Å². The highest BCUT2D eigenvalue weighted by Gasteiger charge is 2.41. The smallest absolute Gasteiger partial charge is 0.320 e. The van der Waals surface area contributed by atoms with Gasteiger partial charge in [0.25, 0.3) is 0 Å². The number of piperidine rings is 1. The third-order valence-corrected chi connectivity index (χ3v) is 4.17. The topological polar surface area (TPSA) is 60.8 Å². The van der Waals surface area contributed by atoms with E-state index < -0.39 is 5.97 Å². The number of carboxylic acids is 1. The van der Waals surface area contributed by atoms with E-state index in [2.05, 4.69) is 4.90 Å². The average Bonchev–Trinajstić information content (AvgIpc) is 2.19. The summed E-state index contributed by atoms with van der Waals surface area (Å²) in [6.07, 6.45) is 3.72. The Morgan fingerprint density at radius 1 is 1.38 bits per heavy atom. The third-order valence-electron chi connectivity index (χ3n) is 4.17. The van der Waals surface area contributed by atoms with Gasteiger partial charge in [-0.3, -0.25) is 9.69 Å². The van der Waals surface area contributed by atoms with Crippen molar-refractivity contribution in [2.24, 2.45) is 11.8 Å². The maximum absolute atomic E-state index is 11.1. The molecule has 1 aliphatic carbocycles. The van der Waals surface area contributed by atoms with Crippen LogP contribution >= 0.6 is 0 Å². The van der Waals surface area contributed by atoms with Crippen LogP contribution in [0.25, 0.3) is 0 Å². The Hall–Kier alpha value is -0.610. The van der Waals surface area contributed by atoms with Gasteiger partial charge in [0, 0.05) is 13.1 Å². The largest absolute Gasteiger partial charge is 0.480 e. The highest BCUT2D eigenvalue weighted by Crippen LogP contribution is 2.35. The van der Waals surface area contributed by atoms with Crippen LogP contribution in [0.5, 0.6) is 0 Å². The number of hydrogen-bond acceptors (Lipinski definition) is 3. The quantitative estimate of drug-likeness (QED) is 0.753. The Morgan fingerprint density at radius 3 is 2.38 bits per heavy atom. The summed E-state index contributed by atoms with van der Waals surface area (Å²) in [7, 11) is 0. The molecule has 0 radical (unpaired) electrons. The van der Waals surface area contributed by atoms with Crippen LogP contribution in [-0.2, 0) is 4.79 Å².